The largest absolute Gasteiger partial charge is 0.393 e. The van der Waals surface area contributed by atoms with Crippen LogP contribution in [-0.2, 0) is 6.42 Å². The van der Waals surface area contributed by atoms with Gasteiger partial charge in [0.05, 0.1) is 17.4 Å². The van der Waals surface area contributed by atoms with Crippen LogP contribution in [0.1, 0.15) is 80.3 Å². The molecule has 26 heavy (non-hydrogen) atoms. The fraction of sp³-hybridized carbons (Fsp3) is 0.750. The maximum absolute atomic E-state index is 11.8. The van der Waals surface area contributed by atoms with Gasteiger partial charge in [-0.05, 0) is 76.0 Å². The molecule has 1 amide bonds. The summed E-state index contributed by atoms with van der Waals surface area (Å²) in [5, 5.41) is 13.6. The summed E-state index contributed by atoms with van der Waals surface area (Å²) >= 11 is 0. The number of rotatable bonds is 5. The molecule has 0 aliphatic heterocycles. The highest BCUT2D eigenvalue weighted by atomic mass is 16.3. The molecular formula is C20H30N4O2. The summed E-state index contributed by atoms with van der Waals surface area (Å²) in [6, 6.07) is 0. The van der Waals surface area contributed by atoms with Gasteiger partial charge in [-0.2, -0.15) is 0 Å². The first-order chi connectivity index (χ1) is 12.5. The molecule has 1 heterocycles. The molecular weight excluding hydrogens is 328 g/mol. The third kappa shape index (κ3) is 3.70. The predicted molar refractivity (Wildman–Crippen MR) is 99.8 cm³/mol. The minimum Gasteiger partial charge on any atom is -0.393 e. The zero-order valence-electron chi connectivity index (χ0n) is 15.4. The number of hydrogen-bond donors (Lipinski definition) is 3. The first kappa shape index (κ1) is 17.7. The number of aliphatic hydroxyl groups excluding tert-OH is 1. The molecule has 1 aromatic rings. The van der Waals surface area contributed by atoms with Crippen LogP contribution in [0.25, 0.3) is 0 Å². The molecule has 0 radical (unpaired) electrons. The maximum Gasteiger partial charge on any atom is 0.252 e. The Morgan fingerprint density at radius 1 is 1.23 bits per heavy atom. The van der Waals surface area contributed by atoms with Crippen molar-refractivity contribution in [3.05, 3.63) is 17.5 Å². The normalized spacial score (nSPS) is 33.8. The second-order valence-electron chi connectivity index (χ2n) is 8.70. The van der Waals surface area contributed by atoms with E-state index in [0.717, 1.165) is 37.3 Å². The lowest BCUT2D eigenvalue weighted by atomic mass is 9.66. The van der Waals surface area contributed by atoms with Crippen molar-refractivity contribution in [2.75, 3.05) is 5.32 Å². The second kappa shape index (κ2) is 7.14. The Bertz CT molecular complexity index is 656. The molecule has 6 heteroatoms. The molecule has 0 aromatic carbocycles. The van der Waals surface area contributed by atoms with Crippen LogP contribution < -0.4 is 11.1 Å². The predicted octanol–water partition coefficient (Wildman–Crippen LogP) is 2.80. The third-order valence-corrected chi connectivity index (χ3v) is 6.84. The fourth-order valence-corrected chi connectivity index (χ4v) is 5.23. The molecule has 4 N–H and O–H groups in total. The van der Waals surface area contributed by atoms with Gasteiger partial charge in [0.2, 0.25) is 5.95 Å². The Hall–Kier alpha value is -1.69. The van der Waals surface area contributed by atoms with Crippen LogP contribution in [0.4, 0.5) is 5.95 Å². The highest BCUT2D eigenvalue weighted by molar-refractivity contribution is 5.93. The summed E-state index contributed by atoms with van der Waals surface area (Å²) in [6.07, 6.45) is 13.2. The van der Waals surface area contributed by atoms with E-state index in [4.69, 9.17) is 10.7 Å². The lowest BCUT2D eigenvalue weighted by Crippen LogP contribution is -2.46. The summed E-state index contributed by atoms with van der Waals surface area (Å²) in [5.41, 5.74) is 6.83. The molecule has 0 spiro atoms. The molecule has 4 saturated carbocycles. The minimum absolute atomic E-state index is 0.126. The number of carbonyl (C=O) groups excluding carboxylic acids is 1. The van der Waals surface area contributed by atoms with Gasteiger partial charge in [0.25, 0.3) is 5.91 Å². The van der Waals surface area contributed by atoms with Crippen molar-refractivity contribution < 1.29 is 9.90 Å². The van der Waals surface area contributed by atoms with Gasteiger partial charge in [-0.25, -0.2) is 9.97 Å². The maximum atomic E-state index is 11.8. The summed E-state index contributed by atoms with van der Waals surface area (Å²) in [4.78, 5) is 20.9. The zero-order chi connectivity index (χ0) is 18.1. The quantitative estimate of drug-likeness (QED) is 0.751. The molecule has 5 rings (SSSR count). The van der Waals surface area contributed by atoms with Gasteiger partial charge in [-0.15, -0.1) is 0 Å². The van der Waals surface area contributed by atoms with Crippen LogP contribution >= 0.6 is 0 Å². The van der Waals surface area contributed by atoms with Gasteiger partial charge < -0.3 is 16.2 Å². The molecule has 4 aliphatic carbocycles. The van der Waals surface area contributed by atoms with Crippen molar-refractivity contribution in [3.63, 3.8) is 0 Å². The van der Waals surface area contributed by atoms with E-state index in [1.807, 2.05) is 0 Å². The highest BCUT2D eigenvalue weighted by Crippen LogP contribution is 2.45. The first-order valence-corrected chi connectivity index (χ1v) is 10.1. The van der Waals surface area contributed by atoms with Crippen LogP contribution in [0.5, 0.6) is 0 Å². The van der Waals surface area contributed by atoms with Gasteiger partial charge in [0.15, 0.2) is 0 Å². The summed E-state index contributed by atoms with van der Waals surface area (Å²) in [5.74, 6) is 1.41. The van der Waals surface area contributed by atoms with Crippen molar-refractivity contribution in [2.24, 2.45) is 17.6 Å². The Balaban J connectivity index is 1.53. The fourth-order valence-electron chi connectivity index (χ4n) is 5.23. The molecule has 2 atom stereocenters. The molecule has 142 valence electrons. The highest BCUT2D eigenvalue weighted by Gasteiger charge is 2.40. The smallest absolute Gasteiger partial charge is 0.252 e. The number of aromatic nitrogens is 2. The van der Waals surface area contributed by atoms with E-state index in [1.165, 1.54) is 38.5 Å². The van der Waals surface area contributed by atoms with E-state index in [-0.39, 0.29) is 11.6 Å². The van der Waals surface area contributed by atoms with Crippen molar-refractivity contribution in [3.8, 4) is 0 Å². The molecule has 0 saturated heterocycles. The SMILES string of the molecule is NC(=O)c1cnc(NC23CCC(CC2)CC3)nc1C[C@@H]1CCC[C@H](O)C1. The summed E-state index contributed by atoms with van der Waals surface area (Å²) in [7, 11) is 0. The number of amides is 1. The lowest BCUT2D eigenvalue weighted by molar-refractivity contribution is 0.0987. The molecule has 6 nitrogen and oxygen atoms in total. The van der Waals surface area contributed by atoms with E-state index in [2.05, 4.69) is 10.3 Å². The zero-order valence-corrected chi connectivity index (χ0v) is 15.4. The molecule has 1 aromatic heterocycles. The average molecular weight is 358 g/mol. The average Bonchev–Trinajstić information content (AvgIpc) is 2.63. The van der Waals surface area contributed by atoms with Crippen molar-refractivity contribution >= 4 is 11.9 Å². The number of anilines is 1. The van der Waals surface area contributed by atoms with Gasteiger partial charge in [-0.3, -0.25) is 4.79 Å². The van der Waals surface area contributed by atoms with E-state index in [9.17, 15) is 9.90 Å². The Kier molecular flexibility index (Phi) is 4.86. The van der Waals surface area contributed by atoms with Crippen LogP contribution in [-0.4, -0.2) is 32.6 Å². The molecule has 4 fully saturated rings. The molecule has 2 bridgehead atoms. The number of primary amides is 1. The minimum atomic E-state index is -0.473. The topological polar surface area (TPSA) is 101 Å². The van der Waals surface area contributed by atoms with E-state index in [0.29, 0.717) is 23.9 Å². The van der Waals surface area contributed by atoms with Crippen LogP contribution in [0, 0.1) is 11.8 Å². The Morgan fingerprint density at radius 2 is 1.96 bits per heavy atom. The first-order valence-electron chi connectivity index (χ1n) is 10.1. The molecule has 0 unspecified atom stereocenters. The van der Waals surface area contributed by atoms with Gasteiger partial charge in [-0.1, -0.05) is 6.42 Å². The standard InChI is InChI=1S/C20H30N4O2/c21-18(26)16-12-22-19(24-20-7-4-13(5-8-20)6-9-20)23-17(16)11-14-2-1-3-15(25)10-14/h12-15,25H,1-11H2,(H2,21,26)(H,22,23,24)/t13?,14-,15+,20?/m1/s1. The van der Waals surface area contributed by atoms with Crippen LogP contribution in [0.2, 0.25) is 0 Å². The van der Waals surface area contributed by atoms with Crippen molar-refractivity contribution in [2.45, 2.75) is 82.3 Å². The number of nitrogens with one attached hydrogen (secondary N) is 1. The summed E-state index contributed by atoms with van der Waals surface area (Å²) in [6.45, 7) is 0. The van der Waals surface area contributed by atoms with E-state index in [1.54, 1.807) is 6.20 Å². The number of hydrogen-bond acceptors (Lipinski definition) is 5. The Labute approximate surface area is 155 Å². The van der Waals surface area contributed by atoms with Gasteiger partial charge in [0.1, 0.15) is 0 Å². The second-order valence-corrected chi connectivity index (χ2v) is 8.70. The van der Waals surface area contributed by atoms with Gasteiger partial charge in [0, 0.05) is 11.7 Å². The number of carbonyl (C=O) groups is 1. The van der Waals surface area contributed by atoms with E-state index >= 15 is 0 Å². The van der Waals surface area contributed by atoms with Crippen molar-refractivity contribution in [1.82, 2.24) is 9.97 Å². The number of aliphatic hydroxyl groups is 1. The monoisotopic (exact) mass is 358 g/mol. The van der Waals surface area contributed by atoms with Crippen LogP contribution in [0.3, 0.4) is 0 Å². The Morgan fingerprint density at radius 3 is 2.62 bits per heavy atom. The third-order valence-electron chi connectivity index (χ3n) is 6.84. The number of fused-ring (bicyclic) bond motifs is 3. The lowest BCUT2D eigenvalue weighted by Gasteiger charge is -2.47. The number of nitrogens with two attached hydrogens (primary N) is 1. The molecule has 4 aliphatic rings. The number of nitrogens with zero attached hydrogens (tertiary/aromatic N) is 2. The van der Waals surface area contributed by atoms with Gasteiger partial charge >= 0.3 is 0 Å². The van der Waals surface area contributed by atoms with Crippen molar-refractivity contribution in [1.29, 1.82) is 0 Å². The van der Waals surface area contributed by atoms with Crippen LogP contribution in [0.15, 0.2) is 6.20 Å². The summed E-state index contributed by atoms with van der Waals surface area (Å²) < 4.78 is 0. The van der Waals surface area contributed by atoms with E-state index < -0.39 is 5.91 Å².